The van der Waals surface area contributed by atoms with Crippen molar-refractivity contribution in [2.75, 3.05) is 0 Å². The fourth-order valence-electron chi connectivity index (χ4n) is 1.86. The number of fused-ring (bicyclic) bond motifs is 2. The minimum Gasteiger partial charge on any atom is -0.483 e. The molecule has 4 nitrogen and oxygen atoms in total. The molecule has 2 rings (SSSR count). The third-order valence-corrected chi connectivity index (χ3v) is 2.28. The summed E-state index contributed by atoms with van der Waals surface area (Å²) in [7, 11) is 0. The molecule has 0 radical (unpaired) electrons. The van der Waals surface area contributed by atoms with Crippen LogP contribution in [0.5, 0.6) is 0 Å². The van der Waals surface area contributed by atoms with E-state index in [4.69, 9.17) is 9.90 Å². The third-order valence-electron chi connectivity index (χ3n) is 2.28. The number of nitrogens with one attached hydrogen (secondary N) is 1. The van der Waals surface area contributed by atoms with Gasteiger partial charge in [0.2, 0.25) is 0 Å². The predicted octanol–water partition coefficient (Wildman–Crippen LogP) is 0.171. The zero-order valence-electron chi connectivity index (χ0n) is 6.82. The van der Waals surface area contributed by atoms with E-state index in [9.17, 15) is 4.79 Å². The molecule has 0 aromatic heterocycles. The zero-order valence-corrected chi connectivity index (χ0v) is 6.82. The van der Waals surface area contributed by atoms with Crippen LogP contribution in [0.3, 0.4) is 0 Å². The van der Waals surface area contributed by atoms with E-state index >= 15 is 0 Å². The van der Waals surface area contributed by atoms with Crippen molar-refractivity contribution >= 4 is 12.3 Å². The van der Waals surface area contributed by atoms with Crippen molar-refractivity contribution in [2.45, 2.75) is 37.8 Å². The van der Waals surface area contributed by atoms with E-state index in [1.807, 2.05) is 0 Å². The van der Waals surface area contributed by atoms with Gasteiger partial charge in [0.1, 0.15) is 5.78 Å². The van der Waals surface area contributed by atoms with Gasteiger partial charge in [-0.05, 0) is 12.8 Å². The van der Waals surface area contributed by atoms with Crippen molar-refractivity contribution in [2.24, 2.45) is 0 Å². The van der Waals surface area contributed by atoms with Gasteiger partial charge in [0.05, 0.1) is 0 Å². The number of hydrogen-bond acceptors (Lipinski definition) is 3. The largest absolute Gasteiger partial charge is 0.483 e. The predicted molar refractivity (Wildman–Crippen MR) is 42.9 cm³/mol. The van der Waals surface area contributed by atoms with Crippen LogP contribution in [0.2, 0.25) is 0 Å². The lowest BCUT2D eigenvalue weighted by Gasteiger charge is -2.18. The molecular formula is C8H13NO3. The Bertz CT molecular complexity index is 167. The van der Waals surface area contributed by atoms with E-state index < -0.39 is 0 Å². The molecule has 68 valence electrons. The maximum Gasteiger partial charge on any atom is 0.290 e. The van der Waals surface area contributed by atoms with E-state index in [0.717, 1.165) is 12.8 Å². The Morgan fingerprint density at radius 2 is 1.75 bits per heavy atom. The first-order valence-corrected chi connectivity index (χ1v) is 4.12. The van der Waals surface area contributed by atoms with Crippen molar-refractivity contribution in [1.29, 1.82) is 0 Å². The SMILES string of the molecule is O=C1CC2CCC(C1)N2.O=CO. The summed E-state index contributed by atoms with van der Waals surface area (Å²) in [5, 5.41) is 10.3. The summed E-state index contributed by atoms with van der Waals surface area (Å²) in [5.41, 5.74) is 0. The van der Waals surface area contributed by atoms with Crippen LogP contribution in [0.1, 0.15) is 25.7 Å². The minimum atomic E-state index is -0.250. The highest BCUT2D eigenvalue weighted by molar-refractivity contribution is 5.80. The van der Waals surface area contributed by atoms with Crippen LogP contribution in [0.4, 0.5) is 0 Å². The van der Waals surface area contributed by atoms with Gasteiger partial charge < -0.3 is 10.4 Å². The van der Waals surface area contributed by atoms with Crippen molar-refractivity contribution in [3.63, 3.8) is 0 Å². The van der Waals surface area contributed by atoms with Crippen LogP contribution in [-0.2, 0) is 9.59 Å². The van der Waals surface area contributed by atoms with Gasteiger partial charge in [-0.1, -0.05) is 0 Å². The summed E-state index contributed by atoms with van der Waals surface area (Å²) in [5.74, 6) is 0.459. The molecule has 12 heavy (non-hydrogen) atoms. The Kier molecular flexibility index (Phi) is 3.22. The molecule has 2 unspecified atom stereocenters. The first-order valence-electron chi connectivity index (χ1n) is 4.12. The molecule has 2 atom stereocenters. The highest BCUT2D eigenvalue weighted by atomic mass is 16.3. The molecular weight excluding hydrogens is 158 g/mol. The lowest BCUT2D eigenvalue weighted by Crippen LogP contribution is -2.38. The highest BCUT2D eigenvalue weighted by Crippen LogP contribution is 2.23. The Morgan fingerprint density at radius 1 is 1.33 bits per heavy atom. The normalized spacial score (nSPS) is 32.2. The molecule has 0 spiro atoms. The van der Waals surface area contributed by atoms with Crippen molar-refractivity contribution < 1.29 is 14.7 Å². The summed E-state index contributed by atoms with van der Waals surface area (Å²) < 4.78 is 0. The monoisotopic (exact) mass is 171 g/mol. The zero-order chi connectivity index (χ0) is 8.97. The van der Waals surface area contributed by atoms with E-state index in [1.165, 1.54) is 12.8 Å². The van der Waals surface area contributed by atoms with Crippen molar-refractivity contribution in [3.05, 3.63) is 0 Å². The first-order chi connectivity index (χ1) is 5.76. The number of carboxylic acid groups (broad SMARTS) is 1. The van der Waals surface area contributed by atoms with Gasteiger partial charge in [0.25, 0.3) is 6.47 Å². The lowest BCUT2D eigenvalue weighted by molar-refractivity contribution is -0.123. The van der Waals surface area contributed by atoms with Gasteiger partial charge in [0, 0.05) is 24.9 Å². The summed E-state index contributed by atoms with van der Waals surface area (Å²) in [6.45, 7) is -0.250. The molecule has 2 aliphatic rings. The molecule has 0 saturated carbocycles. The first kappa shape index (κ1) is 9.19. The van der Waals surface area contributed by atoms with Crippen LogP contribution in [0, 0.1) is 0 Å². The fraction of sp³-hybridized carbons (Fsp3) is 0.750. The Morgan fingerprint density at radius 3 is 2.17 bits per heavy atom. The summed E-state index contributed by atoms with van der Waals surface area (Å²) in [4.78, 5) is 19.2. The summed E-state index contributed by atoms with van der Waals surface area (Å²) in [6, 6.07) is 1.08. The molecule has 0 amide bonds. The molecule has 4 heteroatoms. The minimum absolute atomic E-state index is 0.250. The second-order valence-electron chi connectivity index (χ2n) is 3.19. The Balaban J connectivity index is 0.000000213. The average molecular weight is 171 g/mol. The van der Waals surface area contributed by atoms with E-state index in [2.05, 4.69) is 5.32 Å². The van der Waals surface area contributed by atoms with E-state index in [-0.39, 0.29) is 6.47 Å². The van der Waals surface area contributed by atoms with Crippen LogP contribution in [-0.4, -0.2) is 29.4 Å². The fourth-order valence-corrected chi connectivity index (χ4v) is 1.86. The summed E-state index contributed by atoms with van der Waals surface area (Å²) in [6.07, 6.45) is 4.01. The van der Waals surface area contributed by atoms with Crippen LogP contribution >= 0.6 is 0 Å². The Hall–Kier alpha value is -0.900. The summed E-state index contributed by atoms with van der Waals surface area (Å²) >= 11 is 0. The van der Waals surface area contributed by atoms with Crippen LogP contribution in [0.15, 0.2) is 0 Å². The molecule has 2 bridgehead atoms. The van der Waals surface area contributed by atoms with Gasteiger partial charge in [-0.15, -0.1) is 0 Å². The molecule has 0 aromatic rings. The number of ketones is 1. The van der Waals surface area contributed by atoms with Crippen molar-refractivity contribution in [3.8, 4) is 0 Å². The van der Waals surface area contributed by atoms with Gasteiger partial charge in [0.15, 0.2) is 0 Å². The van der Waals surface area contributed by atoms with Gasteiger partial charge in [-0.25, -0.2) is 0 Å². The van der Waals surface area contributed by atoms with Crippen LogP contribution < -0.4 is 5.32 Å². The number of carbonyl (C=O) groups is 2. The molecule has 2 heterocycles. The van der Waals surface area contributed by atoms with Gasteiger partial charge in [-0.3, -0.25) is 9.59 Å². The quantitative estimate of drug-likeness (QED) is 0.510. The van der Waals surface area contributed by atoms with Crippen LogP contribution in [0.25, 0.3) is 0 Å². The smallest absolute Gasteiger partial charge is 0.290 e. The number of Topliss-reactive ketones (excluding diaryl/α,β-unsaturated/α-hetero) is 1. The van der Waals surface area contributed by atoms with E-state index in [0.29, 0.717) is 17.9 Å². The third kappa shape index (κ3) is 2.30. The average Bonchev–Trinajstić information content (AvgIpc) is 2.32. The van der Waals surface area contributed by atoms with E-state index in [1.54, 1.807) is 0 Å². The molecule has 2 saturated heterocycles. The second kappa shape index (κ2) is 4.21. The molecule has 0 aromatic carbocycles. The molecule has 0 aliphatic carbocycles. The molecule has 2 fully saturated rings. The topological polar surface area (TPSA) is 66.4 Å². The second-order valence-corrected chi connectivity index (χ2v) is 3.19. The standard InChI is InChI=1S/C7H11NO.CH2O2/c9-7-3-5-1-2-6(4-7)8-5;2-1-3/h5-6,8H,1-4H2;1H,(H,2,3). The number of piperidine rings is 1. The molecule has 2 aliphatic heterocycles. The van der Waals surface area contributed by atoms with Crippen molar-refractivity contribution in [1.82, 2.24) is 5.32 Å². The maximum absolute atomic E-state index is 10.9. The lowest BCUT2D eigenvalue weighted by atomic mass is 10.1. The number of rotatable bonds is 0. The van der Waals surface area contributed by atoms with Gasteiger partial charge >= 0.3 is 0 Å². The number of carbonyl (C=O) groups excluding carboxylic acids is 1. The molecule has 2 N–H and O–H groups in total. The maximum atomic E-state index is 10.9. The number of hydrogen-bond donors (Lipinski definition) is 2. The van der Waals surface area contributed by atoms with Gasteiger partial charge in [-0.2, -0.15) is 0 Å². The highest BCUT2D eigenvalue weighted by Gasteiger charge is 2.31. The Labute approximate surface area is 71.0 Å².